The van der Waals surface area contributed by atoms with Crippen LogP contribution in [0.15, 0.2) is 60.3 Å². The van der Waals surface area contributed by atoms with Crippen molar-refractivity contribution in [3.05, 3.63) is 87.8 Å². The molecule has 1 aliphatic rings. The van der Waals surface area contributed by atoms with Crippen molar-refractivity contribution < 1.29 is 14.7 Å². The van der Waals surface area contributed by atoms with Gasteiger partial charge in [-0.05, 0) is 93.1 Å². The third-order valence-corrected chi connectivity index (χ3v) is 9.07. The molecule has 2 aromatic carbocycles. The van der Waals surface area contributed by atoms with Crippen LogP contribution in [0.25, 0.3) is 39.4 Å². The molecule has 6 rings (SSSR count). The predicted octanol–water partition coefficient (Wildman–Crippen LogP) is 7.59. The number of benzene rings is 2. The summed E-state index contributed by atoms with van der Waals surface area (Å²) in [5, 5.41) is 14.2. The van der Waals surface area contributed by atoms with Crippen molar-refractivity contribution >= 4 is 51.5 Å². The number of pyridine rings is 1. The van der Waals surface area contributed by atoms with Crippen LogP contribution in [0.3, 0.4) is 0 Å². The van der Waals surface area contributed by atoms with Gasteiger partial charge in [0.15, 0.2) is 0 Å². The molecule has 0 radical (unpaired) electrons. The quantitative estimate of drug-likeness (QED) is 0.185. The van der Waals surface area contributed by atoms with E-state index in [1.807, 2.05) is 75.0 Å². The molecule has 1 aliphatic carbocycles. The Balaban J connectivity index is 1.35. The van der Waals surface area contributed by atoms with Gasteiger partial charge in [-0.25, -0.2) is 9.78 Å². The molecule has 8 nitrogen and oxygen atoms in total. The van der Waals surface area contributed by atoms with Gasteiger partial charge in [0.25, 0.3) is 5.91 Å². The fraction of sp³-hybridized carbons (Fsp3) is 0.314. The Kier molecular flexibility index (Phi) is 7.58. The number of rotatable bonds is 7. The number of carbonyl (C=O) groups is 2. The minimum atomic E-state index is -0.958. The first kappa shape index (κ1) is 29.6. The zero-order valence-corrected chi connectivity index (χ0v) is 26.4. The van der Waals surface area contributed by atoms with E-state index in [4.69, 9.17) is 16.6 Å². The molecular weight excluding hydrogens is 574 g/mol. The van der Waals surface area contributed by atoms with Gasteiger partial charge in [0.05, 0.1) is 33.0 Å². The topological polar surface area (TPSA) is 102 Å². The van der Waals surface area contributed by atoms with E-state index in [2.05, 4.69) is 20.9 Å². The monoisotopic (exact) mass is 609 g/mol. The van der Waals surface area contributed by atoms with Gasteiger partial charge in [-0.1, -0.05) is 36.6 Å². The second-order valence-electron chi connectivity index (χ2n) is 12.4. The molecule has 1 fully saturated rings. The lowest BCUT2D eigenvalue weighted by atomic mass is 9.93. The van der Waals surface area contributed by atoms with E-state index >= 15 is 0 Å². The fourth-order valence-electron chi connectivity index (χ4n) is 6.64. The van der Waals surface area contributed by atoms with Gasteiger partial charge in [0.2, 0.25) is 0 Å². The summed E-state index contributed by atoms with van der Waals surface area (Å²) in [7, 11) is 3.95. The lowest BCUT2D eigenvalue weighted by Crippen LogP contribution is -2.42. The Morgan fingerprint density at radius 2 is 1.77 bits per heavy atom. The number of aliphatic carboxylic acids is 1. The number of carboxylic acid groups (broad SMARTS) is 1. The van der Waals surface area contributed by atoms with Gasteiger partial charge in [0.1, 0.15) is 5.82 Å². The Labute approximate surface area is 261 Å². The number of nitrogens with one attached hydrogen (secondary N) is 1. The van der Waals surface area contributed by atoms with Crippen molar-refractivity contribution in [1.29, 1.82) is 0 Å². The number of aryl methyl sites for hydroxylation is 2. The lowest BCUT2D eigenvalue weighted by Gasteiger charge is -2.26. The van der Waals surface area contributed by atoms with Crippen LogP contribution in [-0.2, 0) is 24.4 Å². The zero-order chi connectivity index (χ0) is 31.3. The number of nitrogens with zero attached hydrogens (tertiary/aromatic N) is 4. The predicted molar refractivity (Wildman–Crippen MR) is 175 cm³/mol. The summed E-state index contributed by atoms with van der Waals surface area (Å²) < 4.78 is 4.10. The molecule has 0 saturated heterocycles. The second-order valence-corrected chi connectivity index (χ2v) is 12.8. The number of aromatic nitrogens is 4. The molecule has 44 heavy (non-hydrogen) atoms. The molecule has 3 heterocycles. The minimum absolute atomic E-state index is 0.195. The molecule has 1 amide bonds. The third kappa shape index (κ3) is 5.28. The highest BCUT2D eigenvalue weighted by Gasteiger charge is 2.31. The number of hydrogen-bond donors (Lipinski definition) is 2. The summed E-state index contributed by atoms with van der Waals surface area (Å²) in [4.78, 5) is 34.6. The number of imidazole rings is 1. The average molecular weight is 610 g/mol. The third-order valence-electron chi connectivity index (χ3n) is 8.85. The van der Waals surface area contributed by atoms with Crippen molar-refractivity contribution in [3.8, 4) is 11.4 Å². The second kappa shape index (κ2) is 11.2. The van der Waals surface area contributed by atoms with Crippen molar-refractivity contribution in [2.45, 2.75) is 57.9 Å². The van der Waals surface area contributed by atoms with Crippen LogP contribution in [-0.4, -0.2) is 36.1 Å². The van der Waals surface area contributed by atoms with E-state index in [1.54, 1.807) is 19.2 Å². The summed E-state index contributed by atoms with van der Waals surface area (Å²) in [6, 6.07) is 15.4. The molecule has 9 heteroatoms. The summed E-state index contributed by atoms with van der Waals surface area (Å²) in [5.74, 6) is -0.0110. The SMILES string of the molecule is CC(=Cc1ccc2nc(C(C)(C)NC(=O)c3ccc4c(C5CCCC5)c(-c5ccc(Cl)cn5)n(C)c4c3)n(C)c2c1)C(=O)O. The summed E-state index contributed by atoms with van der Waals surface area (Å²) in [5.41, 5.74) is 6.65. The molecule has 0 atom stereocenters. The normalized spacial score (nSPS) is 14.5. The molecule has 226 valence electrons. The van der Waals surface area contributed by atoms with Crippen molar-refractivity contribution in [3.63, 3.8) is 0 Å². The lowest BCUT2D eigenvalue weighted by molar-refractivity contribution is -0.132. The zero-order valence-electron chi connectivity index (χ0n) is 25.6. The highest BCUT2D eigenvalue weighted by atomic mass is 35.5. The molecule has 5 aromatic rings. The maximum Gasteiger partial charge on any atom is 0.331 e. The average Bonchev–Trinajstić information content (AvgIpc) is 3.70. The number of fused-ring (bicyclic) bond motifs is 2. The first-order valence-corrected chi connectivity index (χ1v) is 15.3. The molecule has 0 unspecified atom stereocenters. The Hall–Kier alpha value is -4.43. The van der Waals surface area contributed by atoms with Crippen molar-refractivity contribution in [2.75, 3.05) is 0 Å². The van der Waals surface area contributed by atoms with Crippen LogP contribution in [0.1, 0.15) is 79.7 Å². The maximum absolute atomic E-state index is 13.8. The summed E-state index contributed by atoms with van der Waals surface area (Å²) >= 11 is 6.16. The van der Waals surface area contributed by atoms with E-state index in [1.165, 1.54) is 18.4 Å². The molecule has 0 bridgehead atoms. The Morgan fingerprint density at radius 3 is 2.45 bits per heavy atom. The van der Waals surface area contributed by atoms with Gasteiger partial charge in [-0.3, -0.25) is 9.78 Å². The van der Waals surface area contributed by atoms with Gasteiger partial charge in [-0.15, -0.1) is 0 Å². The minimum Gasteiger partial charge on any atom is -0.478 e. The Morgan fingerprint density at radius 1 is 1.02 bits per heavy atom. The molecule has 1 saturated carbocycles. The van der Waals surface area contributed by atoms with Gasteiger partial charge < -0.3 is 19.6 Å². The highest BCUT2D eigenvalue weighted by molar-refractivity contribution is 6.30. The van der Waals surface area contributed by atoms with Crippen molar-refractivity contribution in [1.82, 2.24) is 24.4 Å². The largest absolute Gasteiger partial charge is 0.478 e. The highest BCUT2D eigenvalue weighted by Crippen LogP contribution is 2.44. The van der Waals surface area contributed by atoms with Gasteiger partial charge in [-0.2, -0.15) is 0 Å². The van der Waals surface area contributed by atoms with Crippen LogP contribution in [0.2, 0.25) is 5.02 Å². The smallest absolute Gasteiger partial charge is 0.331 e. The summed E-state index contributed by atoms with van der Waals surface area (Å²) in [6.45, 7) is 5.44. The molecular formula is C35H36ClN5O3. The van der Waals surface area contributed by atoms with Crippen LogP contribution in [0.4, 0.5) is 0 Å². The molecule has 0 aliphatic heterocycles. The first-order chi connectivity index (χ1) is 20.9. The Bertz CT molecular complexity index is 1960. The summed E-state index contributed by atoms with van der Waals surface area (Å²) in [6.07, 6.45) is 8.03. The standard InChI is InChI=1S/C35H36ClN5O3/c1-20(33(43)44)16-21-10-14-26-29(17-21)41(5)34(38-26)35(2,3)39-32(42)23-11-13-25-28(18-23)40(4)31(27-15-12-24(36)19-37-27)30(25)22-8-6-7-9-22/h10-19,22H,6-9H2,1-5H3,(H,39,42)(H,43,44). The molecule has 0 spiro atoms. The number of amides is 1. The fourth-order valence-corrected chi connectivity index (χ4v) is 6.75. The van der Waals surface area contributed by atoms with Crippen molar-refractivity contribution in [2.24, 2.45) is 14.1 Å². The van der Waals surface area contributed by atoms with E-state index in [9.17, 15) is 14.7 Å². The van der Waals surface area contributed by atoms with Crippen LogP contribution in [0.5, 0.6) is 0 Å². The molecule has 2 N–H and O–H groups in total. The van der Waals surface area contributed by atoms with Gasteiger partial charge in [0, 0.05) is 42.3 Å². The van der Waals surface area contributed by atoms with E-state index in [-0.39, 0.29) is 11.5 Å². The van der Waals surface area contributed by atoms with Crippen LogP contribution in [0, 0.1) is 0 Å². The maximum atomic E-state index is 13.8. The number of carbonyl (C=O) groups excluding carboxylic acids is 1. The van der Waals surface area contributed by atoms with Crippen LogP contribution >= 0.6 is 11.6 Å². The van der Waals surface area contributed by atoms with E-state index in [0.717, 1.165) is 51.7 Å². The number of halogens is 1. The van der Waals surface area contributed by atoms with E-state index in [0.29, 0.717) is 22.3 Å². The first-order valence-electron chi connectivity index (χ1n) is 14.9. The van der Waals surface area contributed by atoms with Crippen LogP contribution < -0.4 is 5.32 Å². The number of carboxylic acids is 1. The van der Waals surface area contributed by atoms with E-state index < -0.39 is 11.5 Å². The van der Waals surface area contributed by atoms with Gasteiger partial charge >= 0.3 is 5.97 Å². The molecule has 3 aromatic heterocycles. The number of hydrogen-bond acceptors (Lipinski definition) is 4.